The average molecular weight is 903 g/mol. The average Bonchev–Trinajstić information content (AvgIpc) is 3.39. The molecular formula is C68H58N2. The molecule has 0 amide bonds. The zero-order chi connectivity index (χ0) is 48.1. The molecule has 0 spiro atoms. The van der Waals surface area contributed by atoms with Crippen molar-refractivity contribution in [2.24, 2.45) is 0 Å². The summed E-state index contributed by atoms with van der Waals surface area (Å²) in [6.45, 7) is 12.9. The highest BCUT2D eigenvalue weighted by molar-refractivity contribution is 6.07. The monoisotopic (exact) mass is 902 g/mol. The lowest BCUT2D eigenvalue weighted by atomic mass is 9.94. The van der Waals surface area contributed by atoms with Crippen molar-refractivity contribution >= 4 is 68.2 Å². The molecule has 0 radical (unpaired) electrons. The van der Waals surface area contributed by atoms with Gasteiger partial charge in [0.15, 0.2) is 0 Å². The van der Waals surface area contributed by atoms with Crippen LogP contribution in [0.15, 0.2) is 231 Å². The molecule has 70 heavy (non-hydrogen) atoms. The molecule has 0 aliphatic heterocycles. The molecule has 340 valence electrons. The molecule has 2 heteroatoms. The molecule has 0 fully saturated rings. The Morgan fingerprint density at radius 1 is 0.257 bits per heavy atom. The minimum Gasteiger partial charge on any atom is -0.310 e. The molecule has 10 aromatic carbocycles. The lowest BCUT2D eigenvalue weighted by Gasteiger charge is -2.31. The predicted octanol–water partition coefficient (Wildman–Crippen LogP) is 18.8. The van der Waals surface area contributed by atoms with Crippen molar-refractivity contribution in [1.29, 1.82) is 0 Å². The number of anilines is 6. The van der Waals surface area contributed by atoms with Crippen LogP contribution in [0.1, 0.15) is 66.8 Å². The maximum Gasteiger partial charge on any atom is 0.0541 e. The molecule has 0 atom stereocenters. The molecule has 0 heterocycles. The van der Waals surface area contributed by atoms with Gasteiger partial charge in [0.2, 0.25) is 0 Å². The van der Waals surface area contributed by atoms with Gasteiger partial charge in [0.1, 0.15) is 0 Å². The van der Waals surface area contributed by atoms with E-state index in [0.717, 1.165) is 56.0 Å². The van der Waals surface area contributed by atoms with E-state index in [1.165, 1.54) is 66.8 Å². The topological polar surface area (TPSA) is 6.48 Å². The van der Waals surface area contributed by atoms with Crippen molar-refractivity contribution in [2.75, 3.05) is 9.80 Å². The molecule has 0 saturated carbocycles. The predicted molar refractivity (Wildman–Crippen MR) is 301 cm³/mol. The second-order valence-electron chi connectivity index (χ2n) is 18.8. The van der Waals surface area contributed by atoms with E-state index in [-0.39, 0.29) is 0 Å². The largest absolute Gasteiger partial charge is 0.310 e. The van der Waals surface area contributed by atoms with Crippen LogP contribution in [0.4, 0.5) is 34.1 Å². The molecule has 10 aromatic rings. The van der Waals surface area contributed by atoms with Gasteiger partial charge in [-0.05, 0) is 159 Å². The number of benzene rings is 10. The number of rotatable bonds is 12. The van der Waals surface area contributed by atoms with Gasteiger partial charge in [-0.25, -0.2) is 0 Å². The van der Waals surface area contributed by atoms with Gasteiger partial charge in [0, 0.05) is 33.5 Å². The molecule has 0 bridgehead atoms. The van der Waals surface area contributed by atoms with Gasteiger partial charge in [-0.2, -0.15) is 0 Å². The molecule has 0 aliphatic rings. The molecule has 0 aromatic heterocycles. The van der Waals surface area contributed by atoms with Crippen LogP contribution in [-0.4, -0.2) is 0 Å². The lowest BCUT2D eigenvalue weighted by molar-refractivity contribution is 1.27. The number of hydrogen-bond donors (Lipinski definition) is 0. The highest BCUT2D eigenvalue weighted by Gasteiger charge is 2.21. The SMILES string of the molecule is Cc1ccc(C(=Cc2ccc(N(c3ccc(C)cc3)c3ccc(N(c4ccc(C)cc4)c4ccc(C=C(c5ccc(C)cc5)c5ccc(C)cc5)cc4)c4ccccc34)cc2)c2ccc(C)cc2)cc1. The molecule has 0 N–H and O–H groups in total. The second kappa shape index (κ2) is 20.0. The Hall–Kier alpha value is -8.46. The van der Waals surface area contributed by atoms with Crippen molar-refractivity contribution in [3.8, 4) is 0 Å². The van der Waals surface area contributed by atoms with E-state index in [0.29, 0.717) is 0 Å². The van der Waals surface area contributed by atoms with E-state index in [2.05, 4.69) is 294 Å². The first kappa shape index (κ1) is 45.3. The van der Waals surface area contributed by atoms with Crippen molar-refractivity contribution < 1.29 is 0 Å². The van der Waals surface area contributed by atoms with E-state index in [4.69, 9.17) is 0 Å². The fraction of sp³-hybridized carbons (Fsp3) is 0.0882. The minimum atomic E-state index is 1.08. The van der Waals surface area contributed by atoms with Crippen LogP contribution in [-0.2, 0) is 0 Å². The van der Waals surface area contributed by atoms with Gasteiger partial charge >= 0.3 is 0 Å². The van der Waals surface area contributed by atoms with Crippen LogP contribution in [0.3, 0.4) is 0 Å². The summed E-state index contributed by atoms with van der Waals surface area (Å²) in [4.78, 5) is 4.80. The molecule has 0 saturated heterocycles. The summed E-state index contributed by atoms with van der Waals surface area (Å²) in [7, 11) is 0. The van der Waals surface area contributed by atoms with Crippen molar-refractivity contribution in [3.63, 3.8) is 0 Å². The summed E-state index contributed by atoms with van der Waals surface area (Å²) in [6.07, 6.45) is 4.63. The summed E-state index contributed by atoms with van der Waals surface area (Å²) in [5, 5.41) is 2.31. The summed E-state index contributed by atoms with van der Waals surface area (Å²) in [5.41, 5.74) is 23.5. The molecule has 2 nitrogen and oxygen atoms in total. The Balaban J connectivity index is 1.06. The van der Waals surface area contributed by atoms with Crippen molar-refractivity contribution in [3.05, 3.63) is 297 Å². The highest BCUT2D eigenvalue weighted by atomic mass is 15.2. The maximum absolute atomic E-state index is 2.40. The first-order valence-electron chi connectivity index (χ1n) is 24.3. The van der Waals surface area contributed by atoms with E-state index >= 15 is 0 Å². The summed E-state index contributed by atoms with van der Waals surface area (Å²) in [6, 6.07) is 84.6. The van der Waals surface area contributed by atoms with E-state index in [1.807, 2.05) is 0 Å². The quantitative estimate of drug-likeness (QED) is 0.113. The van der Waals surface area contributed by atoms with E-state index < -0.39 is 0 Å². The third-order valence-corrected chi connectivity index (χ3v) is 13.3. The summed E-state index contributed by atoms with van der Waals surface area (Å²) >= 11 is 0. The van der Waals surface area contributed by atoms with Gasteiger partial charge < -0.3 is 9.80 Å². The fourth-order valence-electron chi connectivity index (χ4n) is 9.27. The zero-order valence-electron chi connectivity index (χ0n) is 41.0. The van der Waals surface area contributed by atoms with Gasteiger partial charge in [-0.3, -0.25) is 0 Å². The van der Waals surface area contributed by atoms with Crippen molar-refractivity contribution in [1.82, 2.24) is 0 Å². The molecular weight excluding hydrogens is 845 g/mol. The van der Waals surface area contributed by atoms with Gasteiger partial charge in [0.05, 0.1) is 11.4 Å². The first-order chi connectivity index (χ1) is 34.1. The summed E-state index contributed by atoms with van der Waals surface area (Å²) in [5.74, 6) is 0. The highest BCUT2D eigenvalue weighted by Crippen LogP contribution is 2.45. The Kier molecular flexibility index (Phi) is 13.0. The third-order valence-electron chi connectivity index (χ3n) is 13.3. The second-order valence-corrected chi connectivity index (χ2v) is 18.8. The van der Waals surface area contributed by atoms with E-state index in [9.17, 15) is 0 Å². The van der Waals surface area contributed by atoms with Crippen molar-refractivity contribution in [2.45, 2.75) is 41.5 Å². The van der Waals surface area contributed by atoms with Gasteiger partial charge in [-0.15, -0.1) is 0 Å². The first-order valence-corrected chi connectivity index (χ1v) is 24.3. The Morgan fingerprint density at radius 3 is 0.743 bits per heavy atom. The zero-order valence-corrected chi connectivity index (χ0v) is 41.0. The van der Waals surface area contributed by atoms with E-state index in [1.54, 1.807) is 0 Å². The normalized spacial score (nSPS) is 11.0. The van der Waals surface area contributed by atoms with Gasteiger partial charge in [0.25, 0.3) is 0 Å². The fourth-order valence-corrected chi connectivity index (χ4v) is 9.27. The number of fused-ring (bicyclic) bond motifs is 1. The van der Waals surface area contributed by atoms with Crippen LogP contribution in [0.25, 0.3) is 34.1 Å². The van der Waals surface area contributed by atoms with Crippen LogP contribution < -0.4 is 9.80 Å². The number of aryl methyl sites for hydroxylation is 6. The van der Waals surface area contributed by atoms with Gasteiger partial charge in [-0.1, -0.05) is 203 Å². The Bertz CT molecular complexity index is 3120. The van der Waals surface area contributed by atoms with Crippen LogP contribution in [0, 0.1) is 41.5 Å². The summed E-state index contributed by atoms with van der Waals surface area (Å²) < 4.78 is 0. The standard InChI is InChI=1S/C68H58N2/c1-47-11-27-55(28-12-47)65(56-29-13-48(2)14-30-56)45-53-23-39-61(40-24-53)69(59-35-19-51(5)20-36-59)67-43-44-68(64-10-8-7-9-63(64)67)70(60-37-21-52(6)22-38-60)62-41-25-54(26-42-62)46-66(57-31-15-49(3)16-32-57)58-33-17-50(4)18-34-58/h7-46H,1-6H3. The maximum atomic E-state index is 2.40. The third kappa shape index (κ3) is 9.90. The minimum absolute atomic E-state index is 1.08. The Labute approximate surface area is 414 Å². The number of nitrogens with zero attached hydrogens (tertiary/aromatic N) is 2. The van der Waals surface area contributed by atoms with Crippen LogP contribution >= 0.6 is 0 Å². The van der Waals surface area contributed by atoms with Crippen LogP contribution in [0.2, 0.25) is 0 Å². The van der Waals surface area contributed by atoms with Crippen LogP contribution in [0.5, 0.6) is 0 Å². The smallest absolute Gasteiger partial charge is 0.0541 e. The molecule has 10 rings (SSSR count). The number of hydrogen-bond acceptors (Lipinski definition) is 2. The Morgan fingerprint density at radius 2 is 0.486 bits per heavy atom. The molecule has 0 unspecified atom stereocenters. The lowest BCUT2D eigenvalue weighted by Crippen LogP contribution is -2.13. The molecule has 0 aliphatic carbocycles.